The van der Waals surface area contributed by atoms with Gasteiger partial charge in [0, 0.05) is 36.3 Å². The molecule has 2 aromatic heterocycles. The van der Waals surface area contributed by atoms with Gasteiger partial charge in [0.1, 0.15) is 5.75 Å². The Morgan fingerprint density at radius 2 is 2.00 bits per heavy atom. The minimum absolute atomic E-state index is 0.0516. The Balaban J connectivity index is 1.63. The maximum absolute atomic E-state index is 12.2. The molecule has 0 saturated heterocycles. The summed E-state index contributed by atoms with van der Waals surface area (Å²) in [6, 6.07) is 15.2. The number of benzene rings is 1. The molecule has 1 amide bonds. The summed E-state index contributed by atoms with van der Waals surface area (Å²) in [5.41, 5.74) is 3.64. The zero-order valence-corrected chi connectivity index (χ0v) is 14.0. The van der Waals surface area contributed by atoms with Crippen molar-refractivity contribution in [3.63, 3.8) is 0 Å². The SMILES string of the molecule is COc1ccccc1CC(=O)NCc1ccnc(-c2cccnc2)c1. The van der Waals surface area contributed by atoms with Gasteiger partial charge in [-0.2, -0.15) is 0 Å². The van der Waals surface area contributed by atoms with Gasteiger partial charge in [-0.15, -0.1) is 0 Å². The quantitative estimate of drug-likeness (QED) is 0.753. The van der Waals surface area contributed by atoms with Gasteiger partial charge in [-0.1, -0.05) is 18.2 Å². The van der Waals surface area contributed by atoms with Gasteiger partial charge in [-0.25, -0.2) is 0 Å². The summed E-state index contributed by atoms with van der Waals surface area (Å²) in [4.78, 5) is 20.7. The molecule has 0 aliphatic rings. The summed E-state index contributed by atoms with van der Waals surface area (Å²) >= 11 is 0. The number of para-hydroxylation sites is 1. The predicted molar refractivity (Wildman–Crippen MR) is 96.0 cm³/mol. The van der Waals surface area contributed by atoms with Crippen molar-refractivity contribution in [1.82, 2.24) is 15.3 Å². The van der Waals surface area contributed by atoms with Gasteiger partial charge in [0.2, 0.25) is 5.91 Å². The van der Waals surface area contributed by atoms with Crippen molar-refractivity contribution in [3.05, 3.63) is 78.2 Å². The minimum atomic E-state index is -0.0516. The predicted octanol–water partition coefficient (Wildman–Crippen LogP) is 3.01. The molecule has 0 aliphatic carbocycles. The molecule has 0 atom stereocenters. The number of aromatic nitrogens is 2. The summed E-state index contributed by atoms with van der Waals surface area (Å²) in [6.07, 6.45) is 5.52. The highest BCUT2D eigenvalue weighted by atomic mass is 16.5. The van der Waals surface area contributed by atoms with Gasteiger partial charge in [-0.05, 0) is 35.9 Å². The van der Waals surface area contributed by atoms with Crippen molar-refractivity contribution >= 4 is 5.91 Å². The number of nitrogens with zero attached hydrogens (tertiary/aromatic N) is 2. The van der Waals surface area contributed by atoms with Crippen LogP contribution >= 0.6 is 0 Å². The normalized spacial score (nSPS) is 10.3. The number of rotatable bonds is 6. The lowest BCUT2D eigenvalue weighted by molar-refractivity contribution is -0.120. The van der Waals surface area contributed by atoms with Crippen LogP contribution in [0.3, 0.4) is 0 Å². The van der Waals surface area contributed by atoms with Crippen molar-refractivity contribution in [2.24, 2.45) is 0 Å². The lowest BCUT2D eigenvalue weighted by Crippen LogP contribution is -2.24. The standard InChI is InChI=1S/C20H19N3O2/c1-25-19-7-3-2-5-16(19)12-20(24)23-13-15-8-10-22-18(11-15)17-6-4-9-21-14-17/h2-11,14H,12-13H2,1H3,(H,23,24). The number of hydrogen-bond donors (Lipinski definition) is 1. The highest BCUT2D eigenvalue weighted by Gasteiger charge is 2.08. The van der Waals surface area contributed by atoms with Crippen molar-refractivity contribution in [3.8, 4) is 17.0 Å². The largest absolute Gasteiger partial charge is 0.496 e. The molecule has 0 spiro atoms. The molecule has 0 unspecified atom stereocenters. The van der Waals surface area contributed by atoms with Crippen LogP contribution in [0.15, 0.2) is 67.1 Å². The van der Waals surface area contributed by atoms with Crippen LogP contribution in [0.5, 0.6) is 5.75 Å². The Bertz CT molecular complexity index is 850. The Labute approximate surface area is 146 Å². The van der Waals surface area contributed by atoms with Gasteiger partial charge in [0.15, 0.2) is 0 Å². The fourth-order valence-electron chi connectivity index (χ4n) is 2.54. The number of nitrogens with one attached hydrogen (secondary N) is 1. The molecular formula is C20H19N3O2. The number of carbonyl (C=O) groups excluding carboxylic acids is 1. The molecule has 3 aromatic rings. The molecule has 0 bridgehead atoms. The van der Waals surface area contributed by atoms with E-state index in [4.69, 9.17) is 4.74 Å². The van der Waals surface area contributed by atoms with Crippen LogP contribution in [0, 0.1) is 0 Å². The Hall–Kier alpha value is -3.21. The first-order valence-electron chi connectivity index (χ1n) is 8.00. The van der Waals surface area contributed by atoms with Crippen LogP contribution < -0.4 is 10.1 Å². The molecule has 0 fully saturated rings. The van der Waals surface area contributed by atoms with Gasteiger partial charge < -0.3 is 10.1 Å². The number of amides is 1. The average molecular weight is 333 g/mol. The van der Waals surface area contributed by atoms with Crippen LogP contribution in [-0.4, -0.2) is 23.0 Å². The smallest absolute Gasteiger partial charge is 0.224 e. The first-order valence-corrected chi connectivity index (χ1v) is 8.00. The third-order valence-corrected chi connectivity index (χ3v) is 3.81. The third-order valence-electron chi connectivity index (χ3n) is 3.81. The van der Waals surface area contributed by atoms with E-state index < -0.39 is 0 Å². The minimum Gasteiger partial charge on any atom is -0.496 e. The van der Waals surface area contributed by atoms with E-state index >= 15 is 0 Å². The van der Waals surface area contributed by atoms with E-state index in [1.807, 2.05) is 48.5 Å². The molecule has 1 aromatic carbocycles. The first-order chi connectivity index (χ1) is 12.3. The van der Waals surface area contributed by atoms with Crippen LogP contribution in [0.1, 0.15) is 11.1 Å². The van der Waals surface area contributed by atoms with Crippen LogP contribution in [0.25, 0.3) is 11.3 Å². The van der Waals surface area contributed by atoms with Gasteiger partial charge in [0.25, 0.3) is 0 Å². The molecule has 1 N–H and O–H groups in total. The van der Waals surface area contributed by atoms with Gasteiger partial charge in [0.05, 0.1) is 19.2 Å². The third kappa shape index (κ3) is 4.41. The molecule has 0 radical (unpaired) electrons. The number of hydrogen-bond acceptors (Lipinski definition) is 4. The Morgan fingerprint density at radius 1 is 1.12 bits per heavy atom. The van der Waals surface area contributed by atoms with Crippen molar-refractivity contribution in [1.29, 1.82) is 0 Å². The fraction of sp³-hybridized carbons (Fsp3) is 0.150. The zero-order chi connectivity index (χ0) is 17.5. The van der Waals surface area contributed by atoms with Crippen LogP contribution in [0.4, 0.5) is 0 Å². The van der Waals surface area contributed by atoms with Gasteiger partial charge >= 0.3 is 0 Å². The van der Waals surface area contributed by atoms with E-state index in [2.05, 4.69) is 15.3 Å². The maximum atomic E-state index is 12.2. The van der Waals surface area contributed by atoms with E-state index in [1.165, 1.54) is 0 Å². The molecule has 5 heteroatoms. The fourth-order valence-corrected chi connectivity index (χ4v) is 2.54. The van der Waals surface area contributed by atoms with Crippen molar-refractivity contribution in [2.75, 3.05) is 7.11 Å². The second-order valence-electron chi connectivity index (χ2n) is 5.56. The lowest BCUT2D eigenvalue weighted by Gasteiger charge is -2.09. The average Bonchev–Trinajstić information content (AvgIpc) is 2.68. The number of methoxy groups -OCH3 is 1. The topological polar surface area (TPSA) is 64.1 Å². The summed E-state index contributed by atoms with van der Waals surface area (Å²) < 4.78 is 5.28. The number of carbonyl (C=O) groups is 1. The molecule has 0 aliphatic heterocycles. The molecule has 126 valence electrons. The molecule has 0 saturated carbocycles. The zero-order valence-electron chi connectivity index (χ0n) is 14.0. The monoisotopic (exact) mass is 333 g/mol. The van der Waals surface area contributed by atoms with E-state index in [1.54, 1.807) is 25.7 Å². The molecule has 5 nitrogen and oxygen atoms in total. The van der Waals surface area contributed by atoms with Crippen molar-refractivity contribution < 1.29 is 9.53 Å². The van der Waals surface area contributed by atoms with Gasteiger partial charge in [-0.3, -0.25) is 14.8 Å². The molecule has 2 heterocycles. The van der Waals surface area contributed by atoms with Crippen LogP contribution in [-0.2, 0) is 17.8 Å². The highest BCUT2D eigenvalue weighted by molar-refractivity contribution is 5.79. The Morgan fingerprint density at radius 3 is 2.80 bits per heavy atom. The van der Waals surface area contributed by atoms with E-state index in [9.17, 15) is 4.79 Å². The number of ether oxygens (including phenoxy) is 1. The van der Waals surface area contributed by atoms with Crippen LogP contribution in [0.2, 0.25) is 0 Å². The molecule has 3 rings (SSSR count). The number of pyridine rings is 2. The summed E-state index contributed by atoms with van der Waals surface area (Å²) in [6.45, 7) is 0.448. The summed E-state index contributed by atoms with van der Waals surface area (Å²) in [5.74, 6) is 0.671. The summed E-state index contributed by atoms with van der Waals surface area (Å²) in [5, 5.41) is 2.94. The summed E-state index contributed by atoms with van der Waals surface area (Å²) in [7, 11) is 1.60. The molecular weight excluding hydrogens is 314 g/mol. The second-order valence-corrected chi connectivity index (χ2v) is 5.56. The van der Waals surface area contributed by atoms with E-state index in [-0.39, 0.29) is 12.3 Å². The highest BCUT2D eigenvalue weighted by Crippen LogP contribution is 2.18. The van der Waals surface area contributed by atoms with Crippen molar-refractivity contribution in [2.45, 2.75) is 13.0 Å². The van der Waals surface area contributed by atoms with E-state index in [0.717, 1.165) is 28.1 Å². The second kappa shape index (κ2) is 8.06. The molecule has 25 heavy (non-hydrogen) atoms. The maximum Gasteiger partial charge on any atom is 0.224 e. The first kappa shape index (κ1) is 16.6. The lowest BCUT2D eigenvalue weighted by atomic mass is 10.1. The van der Waals surface area contributed by atoms with E-state index in [0.29, 0.717) is 6.54 Å². The Kier molecular flexibility index (Phi) is 5.36.